The standard InChI is InChI=1S/C10H14N2O2S3/c1-9-2-4-10(5-3-9)17(13,14)11-12-6-15-8-16-7-12/h2-5,11H,6-8H2,1H3. The third kappa shape index (κ3) is 3.62. The molecule has 1 fully saturated rings. The van der Waals surface area contributed by atoms with E-state index in [1.807, 2.05) is 6.92 Å². The van der Waals surface area contributed by atoms with Gasteiger partial charge in [0.1, 0.15) is 0 Å². The lowest BCUT2D eigenvalue weighted by Crippen LogP contribution is -2.42. The highest BCUT2D eigenvalue weighted by atomic mass is 32.2. The van der Waals surface area contributed by atoms with Crippen LogP contribution in [0.4, 0.5) is 0 Å². The summed E-state index contributed by atoms with van der Waals surface area (Å²) in [6.07, 6.45) is 0. The van der Waals surface area contributed by atoms with Crippen molar-refractivity contribution in [1.29, 1.82) is 0 Å². The predicted octanol–water partition coefficient (Wildman–Crippen LogP) is 1.84. The molecule has 0 aromatic heterocycles. The molecule has 1 aromatic carbocycles. The molecule has 94 valence electrons. The highest BCUT2D eigenvalue weighted by Gasteiger charge is 2.19. The van der Waals surface area contributed by atoms with Gasteiger partial charge in [0.25, 0.3) is 10.0 Å². The number of sulfonamides is 1. The van der Waals surface area contributed by atoms with Crippen LogP contribution in [0.25, 0.3) is 0 Å². The van der Waals surface area contributed by atoms with Crippen LogP contribution in [0.3, 0.4) is 0 Å². The van der Waals surface area contributed by atoms with Crippen molar-refractivity contribution >= 4 is 33.5 Å². The van der Waals surface area contributed by atoms with Crippen LogP contribution in [0, 0.1) is 6.92 Å². The summed E-state index contributed by atoms with van der Waals surface area (Å²) in [5.74, 6) is 1.39. The highest BCUT2D eigenvalue weighted by molar-refractivity contribution is 8.16. The minimum Gasteiger partial charge on any atom is -0.211 e. The molecule has 0 bridgehead atoms. The van der Waals surface area contributed by atoms with Gasteiger partial charge >= 0.3 is 0 Å². The largest absolute Gasteiger partial charge is 0.253 e. The molecule has 0 spiro atoms. The number of hydrazine groups is 1. The molecule has 1 aromatic rings. The van der Waals surface area contributed by atoms with Crippen molar-refractivity contribution in [3.8, 4) is 0 Å². The Morgan fingerprint density at radius 3 is 2.35 bits per heavy atom. The Morgan fingerprint density at radius 2 is 1.76 bits per heavy atom. The second kappa shape index (κ2) is 5.62. The first-order chi connectivity index (χ1) is 8.08. The van der Waals surface area contributed by atoms with Gasteiger partial charge < -0.3 is 0 Å². The van der Waals surface area contributed by atoms with Crippen LogP contribution >= 0.6 is 23.5 Å². The summed E-state index contributed by atoms with van der Waals surface area (Å²) in [5.41, 5.74) is 1.05. The minimum atomic E-state index is -3.43. The normalized spacial score (nSPS) is 18.2. The second-order valence-corrected chi connectivity index (χ2v) is 7.67. The monoisotopic (exact) mass is 290 g/mol. The van der Waals surface area contributed by atoms with E-state index in [-0.39, 0.29) is 0 Å². The number of nitrogens with zero attached hydrogens (tertiary/aromatic N) is 1. The van der Waals surface area contributed by atoms with Crippen LogP contribution in [0.1, 0.15) is 5.56 Å². The van der Waals surface area contributed by atoms with Crippen LogP contribution in [0.15, 0.2) is 29.2 Å². The van der Waals surface area contributed by atoms with Crippen molar-refractivity contribution in [2.45, 2.75) is 11.8 Å². The summed E-state index contributed by atoms with van der Waals surface area (Å²) >= 11 is 3.41. The molecule has 17 heavy (non-hydrogen) atoms. The lowest BCUT2D eigenvalue weighted by Gasteiger charge is -2.25. The van der Waals surface area contributed by atoms with Gasteiger partial charge in [0.15, 0.2) is 0 Å². The van der Waals surface area contributed by atoms with E-state index < -0.39 is 10.0 Å². The highest BCUT2D eigenvalue weighted by Crippen LogP contribution is 2.21. The smallest absolute Gasteiger partial charge is 0.211 e. The molecule has 7 heteroatoms. The first kappa shape index (κ1) is 13.2. The average Bonchev–Trinajstić information content (AvgIpc) is 2.30. The summed E-state index contributed by atoms with van der Waals surface area (Å²) in [4.78, 5) is 2.90. The summed E-state index contributed by atoms with van der Waals surface area (Å²) in [5, 5.41) is 2.73. The van der Waals surface area contributed by atoms with Crippen molar-refractivity contribution in [2.24, 2.45) is 0 Å². The third-order valence-electron chi connectivity index (χ3n) is 2.24. The van der Waals surface area contributed by atoms with Crippen molar-refractivity contribution in [2.75, 3.05) is 16.8 Å². The van der Waals surface area contributed by atoms with Crippen LogP contribution in [-0.2, 0) is 10.0 Å². The fourth-order valence-corrected chi connectivity index (χ4v) is 4.55. The van der Waals surface area contributed by atoms with Gasteiger partial charge in [0.2, 0.25) is 0 Å². The van der Waals surface area contributed by atoms with E-state index in [9.17, 15) is 8.42 Å². The number of benzene rings is 1. The molecule has 1 aliphatic heterocycles. The van der Waals surface area contributed by atoms with Gasteiger partial charge in [-0.1, -0.05) is 17.7 Å². The zero-order valence-electron chi connectivity index (χ0n) is 9.42. The molecule has 1 aliphatic rings. The van der Waals surface area contributed by atoms with Gasteiger partial charge in [-0.25, -0.2) is 13.4 Å². The van der Waals surface area contributed by atoms with E-state index in [0.717, 1.165) is 10.6 Å². The molecular formula is C10H14N2O2S3. The Kier molecular flexibility index (Phi) is 4.37. The summed E-state index contributed by atoms with van der Waals surface area (Å²) < 4.78 is 24.1. The summed E-state index contributed by atoms with van der Waals surface area (Å²) in [6, 6.07) is 6.85. The molecule has 0 saturated carbocycles. The third-order valence-corrected chi connectivity index (χ3v) is 5.95. The molecular weight excluding hydrogens is 276 g/mol. The van der Waals surface area contributed by atoms with Crippen LogP contribution in [0.2, 0.25) is 0 Å². The van der Waals surface area contributed by atoms with E-state index in [1.165, 1.54) is 0 Å². The maximum absolute atomic E-state index is 12.0. The number of hydrogen-bond acceptors (Lipinski definition) is 5. The van der Waals surface area contributed by atoms with Crippen molar-refractivity contribution in [1.82, 2.24) is 9.84 Å². The number of thioether (sulfide) groups is 2. The first-order valence-electron chi connectivity index (χ1n) is 5.07. The number of aryl methyl sites for hydroxylation is 1. The van der Waals surface area contributed by atoms with E-state index in [1.54, 1.807) is 52.8 Å². The summed E-state index contributed by atoms with van der Waals surface area (Å²) in [7, 11) is -3.43. The van der Waals surface area contributed by atoms with Crippen molar-refractivity contribution in [3.63, 3.8) is 0 Å². The lowest BCUT2D eigenvalue weighted by molar-refractivity contribution is 0.334. The first-order valence-corrected chi connectivity index (χ1v) is 8.87. The van der Waals surface area contributed by atoms with Gasteiger partial charge in [0.05, 0.1) is 16.6 Å². The molecule has 4 nitrogen and oxygen atoms in total. The SMILES string of the molecule is Cc1ccc(S(=O)(=O)NN2CSCSC2)cc1. The Labute approximate surface area is 110 Å². The fraction of sp³-hybridized carbons (Fsp3) is 0.400. The Bertz CT molecular complexity index is 467. The van der Waals surface area contributed by atoms with Gasteiger partial charge in [-0.3, -0.25) is 0 Å². The second-order valence-electron chi connectivity index (χ2n) is 3.73. The number of nitrogens with one attached hydrogen (secondary N) is 1. The zero-order valence-corrected chi connectivity index (χ0v) is 11.9. The molecule has 0 amide bonds. The molecule has 1 saturated heterocycles. The molecule has 1 heterocycles. The fourth-order valence-electron chi connectivity index (χ4n) is 1.38. The predicted molar refractivity (Wildman–Crippen MR) is 73.1 cm³/mol. The van der Waals surface area contributed by atoms with Crippen LogP contribution < -0.4 is 4.83 Å². The van der Waals surface area contributed by atoms with Gasteiger partial charge in [-0.15, -0.1) is 28.4 Å². The number of rotatable bonds is 3. The molecule has 0 aliphatic carbocycles. The molecule has 0 radical (unpaired) electrons. The Hall–Kier alpha value is -0.210. The van der Waals surface area contributed by atoms with E-state index >= 15 is 0 Å². The van der Waals surface area contributed by atoms with Gasteiger partial charge in [-0.05, 0) is 19.1 Å². The number of hydrogen-bond donors (Lipinski definition) is 1. The van der Waals surface area contributed by atoms with Gasteiger partial charge in [-0.2, -0.15) is 0 Å². The minimum absolute atomic E-state index is 0.309. The van der Waals surface area contributed by atoms with Crippen LogP contribution in [-0.4, -0.2) is 30.3 Å². The zero-order chi connectivity index (χ0) is 12.3. The lowest BCUT2D eigenvalue weighted by atomic mass is 10.2. The molecule has 0 atom stereocenters. The van der Waals surface area contributed by atoms with Crippen molar-refractivity contribution in [3.05, 3.63) is 29.8 Å². The van der Waals surface area contributed by atoms with Gasteiger partial charge in [0, 0.05) is 5.08 Å². The maximum atomic E-state index is 12.0. The topological polar surface area (TPSA) is 49.4 Å². The molecule has 2 rings (SSSR count). The quantitative estimate of drug-likeness (QED) is 0.920. The Balaban J connectivity index is 2.10. The maximum Gasteiger partial charge on any atom is 0.253 e. The molecule has 0 unspecified atom stereocenters. The van der Waals surface area contributed by atoms with E-state index in [0.29, 0.717) is 16.6 Å². The van der Waals surface area contributed by atoms with Crippen LogP contribution in [0.5, 0.6) is 0 Å². The molecule has 1 N–H and O–H groups in total. The Morgan fingerprint density at radius 1 is 1.18 bits per heavy atom. The average molecular weight is 290 g/mol. The van der Waals surface area contributed by atoms with E-state index in [2.05, 4.69) is 4.83 Å². The summed E-state index contributed by atoms with van der Waals surface area (Å²) in [6.45, 7) is 1.93. The van der Waals surface area contributed by atoms with Crippen molar-refractivity contribution < 1.29 is 8.42 Å². The van der Waals surface area contributed by atoms with E-state index in [4.69, 9.17) is 0 Å².